The molecule has 1 aliphatic heterocycles. The van der Waals surface area contributed by atoms with Crippen LogP contribution in [0.5, 0.6) is 0 Å². The highest BCUT2D eigenvalue weighted by molar-refractivity contribution is 8.00. The summed E-state index contributed by atoms with van der Waals surface area (Å²) in [6.45, 7) is 0.683. The summed E-state index contributed by atoms with van der Waals surface area (Å²) in [6.07, 6.45) is 4.23. The molecule has 1 saturated heterocycles. The number of hydrogen-bond acceptors (Lipinski definition) is 9. The van der Waals surface area contributed by atoms with Gasteiger partial charge in [0.2, 0.25) is 17.7 Å². The number of thioether (sulfide) groups is 1. The summed E-state index contributed by atoms with van der Waals surface area (Å²) in [5.41, 5.74) is 3.62. The van der Waals surface area contributed by atoms with Crippen molar-refractivity contribution in [3.8, 4) is 0 Å². The highest BCUT2D eigenvalue weighted by Crippen LogP contribution is 2.50. The minimum atomic E-state index is -1.82. The summed E-state index contributed by atoms with van der Waals surface area (Å²) in [4.78, 5) is 58.6. The topological polar surface area (TPSA) is 228 Å². The van der Waals surface area contributed by atoms with E-state index in [0.29, 0.717) is 6.42 Å². The second-order valence-corrected chi connectivity index (χ2v) is 11.5. The zero-order chi connectivity index (χ0) is 29.4. The summed E-state index contributed by atoms with van der Waals surface area (Å²) in [7, 11) is 0. The van der Waals surface area contributed by atoms with Gasteiger partial charge in [-0.2, -0.15) is 0 Å². The lowest BCUT2D eigenvalue weighted by atomic mass is 9.77. The molecular formula is C24H37ClN4O9S. The quantitative estimate of drug-likeness (QED) is 0.0861. The number of aliphatic hydroxyl groups excluding tert-OH is 1. The van der Waals surface area contributed by atoms with Crippen molar-refractivity contribution >= 4 is 53.0 Å². The maximum absolute atomic E-state index is 13.0. The molecular weight excluding hydrogens is 556 g/mol. The number of carbonyl (C=O) groups is 5. The number of rotatable bonds is 15. The summed E-state index contributed by atoms with van der Waals surface area (Å²) in [6, 6.07) is -2.65. The van der Waals surface area contributed by atoms with Crippen LogP contribution in [0.2, 0.25) is 0 Å². The van der Waals surface area contributed by atoms with Crippen LogP contribution in [0.3, 0.4) is 0 Å². The average Bonchev–Trinajstić information content (AvgIpc) is 3.08. The lowest BCUT2D eigenvalue weighted by molar-refractivity contribution is -0.139. The van der Waals surface area contributed by atoms with Gasteiger partial charge in [-0.3, -0.25) is 24.0 Å². The van der Waals surface area contributed by atoms with E-state index in [9.17, 15) is 34.2 Å². The van der Waals surface area contributed by atoms with Gasteiger partial charge in [-0.1, -0.05) is 12.2 Å². The number of nitrogens with one attached hydrogen (secondary N) is 3. The van der Waals surface area contributed by atoms with E-state index in [1.165, 1.54) is 6.92 Å². The summed E-state index contributed by atoms with van der Waals surface area (Å²) in [5, 5.41) is 48.5. The van der Waals surface area contributed by atoms with Gasteiger partial charge in [0, 0.05) is 24.0 Å². The smallest absolute Gasteiger partial charge is 0.322 e. The number of alkyl halides is 1. The molecule has 3 amide bonds. The Morgan fingerprint density at radius 1 is 1.31 bits per heavy atom. The van der Waals surface area contributed by atoms with Crippen LogP contribution in [0.1, 0.15) is 45.4 Å². The molecule has 9 N–H and O–H groups in total. The molecule has 13 nitrogen and oxygen atoms in total. The lowest BCUT2D eigenvalue weighted by Crippen LogP contribution is -2.64. The van der Waals surface area contributed by atoms with Gasteiger partial charge in [0.1, 0.15) is 29.1 Å². The highest BCUT2D eigenvalue weighted by atomic mass is 35.5. The van der Waals surface area contributed by atoms with Crippen LogP contribution < -0.4 is 21.7 Å². The Morgan fingerprint density at radius 2 is 2.00 bits per heavy atom. The van der Waals surface area contributed by atoms with Crippen LogP contribution in [0.4, 0.5) is 0 Å². The van der Waals surface area contributed by atoms with Gasteiger partial charge in [-0.15, -0.1) is 23.4 Å². The van der Waals surface area contributed by atoms with Crippen LogP contribution in [0, 0.1) is 11.8 Å². The van der Waals surface area contributed by atoms with Crippen molar-refractivity contribution in [3.63, 3.8) is 0 Å². The Labute approximate surface area is 235 Å². The minimum Gasteiger partial charge on any atom is -0.480 e. The molecule has 2 rings (SSSR count). The lowest BCUT2D eigenvalue weighted by Gasteiger charge is -2.46. The molecule has 0 bridgehead atoms. The normalized spacial score (nSPS) is 28.7. The summed E-state index contributed by atoms with van der Waals surface area (Å²) >= 11 is 6.75. The van der Waals surface area contributed by atoms with Crippen LogP contribution in [0.15, 0.2) is 12.2 Å². The first kappa shape index (κ1) is 32.8. The zero-order valence-electron chi connectivity index (χ0n) is 21.6. The second-order valence-electron chi connectivity index (χ2n) is 9.90. The number of carboxylic acid groups (broad SMARTS) is 2. The highest BCUT2D eigenvalue weighted by Gasteiger charge is 2.65. The van der Waals surface area contributed by atoms with Gasteiger partial charge in [-0.05, 0) is 39.0 Å². The average molecular weight is 593 g/mol. The van der Waals surface area contributed by atoms with Crippen LogP contribution in [-0.2, 0) is 24.0 Å². The van der Waals surface area contributed by atoms with E-state index in [1.807, 2.05) is 12.2 Å². The molecule has 1 fully saturated rings. The van der Waals surface area contributed by atoms with Gasteiger partial charge < -0.3 is 42.1 Å². The first-order valence-electron chi connectivity index (χ1n) is 12.6. The third-order valence-electron chi connectivity index (χ3n) is 7.11. The molecule has 0 aromatic rings. The maximum Gasteiger partial charge on any atom is 0.322 e. The monoisotopic (exact) mass is 592 g/mol. The van der Waals surface area contributed by atoms with E-state index in [0.717, 1.165) is 24.6 Å². The van der Waals surface area contributed by atoms with Crippen molar-refractivity contribution < 1.29 is 44.4 Å². The van der Waals surface area contributed by atoms with E-state index in [-0.39, 0.29) is 30.9 Å². The number of aliphatic carboxylic acids is 2. The van der Waals surface area contributed by atoms with Gasteiger partial charge >= 0.3 is 11.9 Å². The fraction of sp³-hybridized carbons (Fsp3) is 0.708. The Hall–Kier alpha value is -2.39. The van der Waals surface area contributed by atoms with E-state index in [1.54, 1.807) is 0 Å². The van der Waals surface area contributed by atoms with Crippen molar-refractivity contribution in [3.05, 3.63) is 12.2 Å². The van der Waals surface area contributed by atoms with E-state index in [2.05, 4.69) is 16.0 Å². The fourth-order valence-electron chi connectivity index (χ4n) is 4.84. The SMILES string of the molecule is C[C@]1(O)[C@@H](CCCl)C(=O)N[C@]1(SCC(NC(=O)CCC(N)C(=O)O)C(=O)NCC(=O)O)[C@@H](O)[C@@H]1C=CCCC1. The number of halogens is 1. The molecule has 1 aliphatic carbocycles. The van der Waals surface area contributed by atoms with Crippen molar-refractivity contribution in [1.29, 1.82) is 0 Å². The fourth-order valence-corrected chi connectivity index (χ4v) is 6.67. The van der Waals surface area contributed by atoms with Crippen LogP contribution in [-0.4, -0.2) is 96.9 Å². The molecule has 0 saturated carbocycles. The molecule has 15 heteroatoms. The Bertz CT molecular complexity index is 966. The van der Waals surface area contributed by atoms with Crippen molar-refractivity contribution in [2.75, 3.05) is 18.2 Å². The largest absolute Gasteiger partial charge is 0.480 e. The second kappa shape index (κ2) is 14.3. The number of aliphatic hydroxyl groups is 2. The van der Waals surface area contributed by atoms with Crippen molar-refractivity contribution in [2.24, 2.45) is 17.6 Å². The van der Waals surface area contributed by atoms with E-state index in [4.69, 9.17) is 27.5 Å². The summed E-state index contributed by atoms with van der Waals surface area (Å²) < 4.78 is 0. The van der Waals surface area contributed by atoms with E-state index >= 15 is 0 Å². The number of amides is 3. The number of hydrogen-bond donors (Lipinski definition) is 8. The molecule has 1 heterocycles. The zero-order valence-corrected chi connectivity index (χ0v) is 23.2. The molecule has 0 aromatic heterocycles. The Morgan fingerprint density at radius 3 is 2.56 bits per heavy atom. The number of carboxylic acids is 2. The molecule has 2 unspecified atom stereocenters. The predicted molar refractivity (Wildman–Crippen MR) is 143 cm³/mol. The Balaban J connectivity index is 2.34. The van der Waals surface area contributed by atoms with Gasteiger partial charge in [0.15, 0.2) is 0 Å². The van der Waals surface area contributed by atoms with Crippen LogP contribution in [0.25, 0.3) is 0 Å². The molecule has 39 heavy (non-hydrogen) atoms. The van der Waals surface area contributed by atoms with Gasteiger partial charge in [0.05, 0.1) is 12.0 Å². The van der Waals surface area contributed by atoms with E-state index < -0.39 is 76.7 Å². The minimum absolute atomic E-state index is 0.0726. The summed E-state index contributed by atoms with van der Waals surface area (Å²) in [5.74, 6) is -6.30. The molecule has 0 spiro atoms. The molecule has 220 valence electrons. The Kier molecular flexibility index (Phi) is 12.0. The number of nitrogens with two attached hydrogens (primary N) is 1. The van der Waals surface area contributed by atoms with Crippen molar-refractivity contribution in [1.82, 2.24) is 16.0 Å². The first-order chi connectivity index (χ1) is 18.3. The van der Waals surface area contributed by atoms with Crippen LogP contribution >= 0.6 is 23.4 Å². The number of allylic oxidation sites excluding steroid dienone is 1. The first-order valence-corrected chi connectivity index (χ1v) is 14.1. The molecule has 0 radical (unpaired) electrons. The molecule has 7 atom stereocenters. The standard InChI is InChI=1S/C24H37ClN4O9S/c1-23(38)14(9-10-25)20(34)29-24(23,19(33)13-5-3-2-4-6-13)39-12-16(21(35)27-11-18(31)32)28-17(30)8-7-15(26)22(36)37/h3,5,13-16,19,33,38H,2,4,6-12,26H2,1H3,(H,27,35)(H,28,30)(H,29,34)(H,31,32)(H,36,37)/t13-,14+,15?,16?,19+,23+,24+/m1/s1. The third-order valence-corrected chi connectivity index (χ3v) is 9.04. The molecule has 2 aliphatic rings. The van der Waals surface area contributed by atoms with Gasteiger partial charge in [0.25, 0.3) is 0 Å². The third kappa shape index (κ3) is 8.07. The van der Waals surface area contributed by atoms with Gasteiger partial charge in [-0.25, -0.2) is 0 Å². The predicted octanol–water partition coefficient (Wildman–Crippen LogP) is -0.863. The molecule has 0 aromatic carbocycles. The number of carbonyl (C=O) groups excluding carboxylic acids is 3. The van der Waals surface area contributed by atoms with Crippen molar-refractivity contribution in [2.45, 2.75) is 74.1 Å². The maximum atomic E-state index is 13.0.